The lowest BCUT2D eigenvalue weighted by atomic mass is 9.92. The molecular weight excluding hydrogens is 386 g/mol. The van der Waals surface area contributed by atoms with Gasteiger partial charge in [-0.05, 0) is 51.2 Å². The average molecular weight is 428 g/mol. The van der Waals surface area contributed by atoms with Gasteiger partial charge in [0.25, 0.3) is 0 Å². The van der Waals surface area contributed by atoms with Crippen LogP contribution in [-0.4, -0.2) is 110 Å². The zero-order chi connectivity index (χ0) is 22.2. The van der Waals surface area contributed by atoms with E-state index in [0.717, 1.165) is 95.9 Å². The van der Waals surface area contributed by atoms with Crippen molar-refractivity contribution in [2.75, 3.05) is 85.6 Å². The maximum absolute atomic E-state index is 9.56. The van der Waals surface area contributed by atoms with Gasteiger partial charge in [0.1, 0.15) is 18.0 Å². The predicted molar refractivity (Wildman–Crippen MR) is 124 cm³/mol. The van der Waals surface area contributed by atoms with E-state index in [-0.39, 0.29) is 5.57 Å². The minimum atomic E-state index is 0.275. The maximum atomic E-state index is 9.56. The fourth-order valence-electron chi connectivity index (χ4n) is 5.55. The van der Waals surface area contributed by atoms with Crippen LogP contribution in [0.4, 0.5) is 0 Å². The lowest BCUT2D eigenvalue weighted by Gasteiger charge is -2.35. The van der Waals surface area contributed by atoms with Crippen molar-refractivity contribution in [3.05, 3.63) is 11.4 Å². The Morgan fingerprint density at radius 2 is 1.29 bits per heavy atom. The highest BCUT2D eigenvalue weighted by Crippen LogP contribution is 2.24. The van der Waals surface area contributed by atoms with E-state index >= 15 is 0 Å². The number of likely N-dealkylation sites (N-methyl/N-ethyl adjacent to an activating group) is 1. The molecule has 31 heavy (non-hydrogen) atoms. The molecule has 2 unspecified atom stereocenters. The fourth-order valence-corrected chi connectivity index (χ4v) is 5.55. The summed E-state index contributed by atoms with van der Waals surface area (Å²) < 4.78 is 0. The molecule has 0 aromatic carbocycles. The van der Waals surface area contributed by atoms with Gasteiger partial charge >= 0.3 is 0 Å². The Kier molecular flexibility index (Phi) is 9.02. The molecular formula is C24H41N7. The molecule has 0 saturated carbocycles. The number of piperazine rings is 1. The van der Waals surface area contributed by atoms with Crippen LogP contribution in [0.5, 0.6) is 0 Å². The molecule has 0 radical (unpaired) electrons. The van der Waals surface area contributed by atoms with Crippen molar-refractivity contribution in [3.8, 4) is 12.1 Å². The number of piperidine rings is 1. The standard InChI is InChI=1S/C24H41N7/c1-21-16-22(2)20-29(19-21)7-5-9-31-15-14-30(24(31)23(17-25)18-26)8-4-6-28-12-10-27(3)11-13-28/h21-22H,4-16,19-20H2,1-3H3. The summed E-state index contributed by atoms with van der Waals surface area (Å²) in [5.41, 5.74) is 0.275. The third-order valence-corrected chi connectivity index (χ3v) is 7.03. The minimum absolute atomic E-state index is 0.275. The lowest BCUT2D eigenvalue weighted by Crippen LogP contribution is -2.45. The first-order valence-electron chi connectivity index (χ1n) is 12.2. The lowest BCUT2D eigenvalue weighted by molar-refractivity contribution is 0.136. The first kappa shape index (κ1) is 23.9. The second kappa shape index (κ2) is 11.7. The van der Waals surface area contributed by atoms with Crippen LogP contribution in [0.2, 0.25) is 0 Å². The topological polar surface area (TPSA) is 63.8 Å². The zero-order valence-corrected chi connectivity index (χ0v) is 19.9. The molecule has 0 aromatic heterocycles. The van der Waals surface area contributed by atoms with Gasteiger partial charge in [-0.3, -0.25) is 0 Å². The Labute approximate surface area is 189 Å². The Morgan fingerprint density at radius 3 is 1.81 bits per heavy atom. The number of allylic oxidation sites excluding steroid dienone is 1. The molecule has 7 heteroatoms. The van der Waals surface area contributed by atoms with Gasteiger partial charge in [-0.2, -0.15) is 10.5 Å². The Bertz CT molecular complexity index is 657. The van der Waals surface area contributed by atoms with E-state index in [0.29, 0.717) is 0 Å². The van der Waals surface area contributed by atoms with E-state index in [9.17, 15) is 10.5 Å². The van der Waals surface area contributed by atoms with Gasteiger partial charge in [0.05, 0.1) is 0 Å². The van der Waals surface area contributed by atoms with Crippen molar-refractivity contribution in [2.24, 2.45) is 11.8 Å². The van der Waals surface area contributed by atoms with Crippen LogP contribution in [-0.2, 0) is 0 Å². The summed E-state index contributed by atoms with van der Waals surface area (Å²) in [4.78, 5) is 12.1. The van der Waals surface area contributed by atoms with Gasteiger partial charge < -0.3 is 24.5 Å². The smallest absolute Gasteiger partial charge is 0.169 e. The molecule has 3 heterocycles. The number of rotatable bonds is 8. The van der Waals surface area contributed by atoms with Gasteiger partial charge in [-0.25, -0.2) is 0 Å². The van der Waals surface area contributed by atoms with Crippen LogP contribution in [0.15, 0.2) is 11.4 Å². The average Bonchev–Trinajstić information content (AvgIpc) is 3.12. The second-order valence-electron chi connectivity index (χ2n) is 9.95. The molecule has 0 N–H and O–H groups in total. The summed E-state index contributed by atoms with van der Waals surface area (Å²) in [5.74, 6) is 2.44. The first-order chi connectivity index (χ1) is 15.0. The van der Waals surface area contributed by atoms with Crippen LogP contribution >= 0.6 is 0 Å². The third kappa shape index (κ3) is 6.84. The van der Waals surface area contributed by atoms with Crippen molar-refractivity contribution < 1.29 is 0 Å². The predicted octanol–water partition coefficient (Wildman–Crippen LogP) is 1.87. The van der Waals surface area contributed by atoms with E-state index in [1.807, 2.05) is 0 Å². The number of nitriles is 2. The molecule has 172 valence electrons. The monoisotopic (exact) mass is 427 g/mol. The number of hydrogen-bond donors (Lipinski definition) is 0. The normalized spacial score (nSPS) is 26.2. The van der Waals surface area contributed by atoms with Crippen molar-refractivity contribution in [1.82, 2.24) is 24.5 Å². The van der Waals surface area contributed by atoms with Crippen LogP contribution in [0, 0.1) is 34.5 Å². The number of nitrogens with zero attached hydrogens (tertiary/aromatic N) is 7. The molecule has 2 atom stereocenters. The highest BCUT2D eigenvalue weighted by atomic mass is 15.4. The summed E-state index contributed by atoms with van der Waals surface area (Å²) in [6.45, 7) is 17.6. The fraction of sp³-hybridized carbons (Fsp3) is 0.833. The summed E-state index contributed by atoms with van der Waals surface area (Å²) in [6, 6.07) is 4.32. The molecule has 0 aliphatic carbocycles. The molecule has 0 spiro atoms. The highest BCUT2D eigenvalue weighted by Gasteiger charge is 2.28. The molecule has 0 amide bonds. The van der Waals surface area contributed by atoms with Crippen LogP contribution in [0.25, 0.3) is 0 Å². The van der Waals surface area contributed by atoms with Crippen LogP contribution in [0.1, 0.15) is 33.1 Å². The van der Waals surface area contributed by atoms with Crippen molar-refractivity contribution in [3.63, 3.8) is 0 Å². The van der Waals surface area contributed by atoms with Gasteiger partial charge in [0.2, 0.25) is 0 Å². The van der Waals surface area contributed by atoms with E-state index in [2.05, 4.69) is 57.5 Å². The highest BCUT2D eigenvalue weighted by molar-refractivity contribution is 5.40. The summed E-state index contributed by atoms with van der Waals surface area (Å²) in [5, 5.41) is 19.1. The maximum Gasteiger partial charge on any atom is 0.169 e. The molecule has 3 fully saturated rings. The van der Waals surface area contributed by atoms with Gasteiger partial charge in [-0.1, -0.05) is 13.8 Å². The quantitative estimate of drug-likeness (QED) is 0.548. The Hall–Kier alpha value is -1.80. The van der Waals surface area contributed by atoms with Crippen LogP contribution in [0.3, 0.4) is 0 Å². The molecule has 3 aliphatic rings. The zero-order valence-electron chi connectivity index (χ0n) is 19.9. The van der Waals surface area contributed by atoms with Gasteiger partial charge in [0.15, 0.2) is 5.57 Å². The van der Waals surface area contributed by atoms with E-state index in [1.54, 1.807) is 0 Å². The number of hydrogen-bond acceptors (Lipinski definition) is 7. The largest absolute Gasteiger partial charge is 0.355 e. The third-order valence-electron chi connectivity index (χ3n) is 7.03. The minimum Gasteiger partial charge on any atom is -0.355 e. The van der Waals surface area contributed by atoms with Crippen molar-refractivity contribution in [1.29, 1.82) is 10.5 Å². The van der Waals surface area contributed by atoms with Crippen LogP contribution < -0.4 is 0 Å². The Balaban J connectivity index is 1.49. The van der Waals surface area contributed by atoms with Gasteiger partial charge in [-0.15, -0.1) is 0 Å². The molecule has 0 aromatic rings. The van der Waals surface area contributed by atoms with Crippen molar-refractivity contribution in [2.45, 2.75) is 33.1 Å². The first-order valence-corrected chi connectivity index (χ1v) is 12.2. The molecule has 3 saturated heterocycles. The summed E-state index contributed by atoms with van der Waals surface area (Å²) in [6.07, 6.45) is 3.50. The second-order valence-corrected chi connectivity index (χ2v) is 9.95. The SMILES string of the molecule is CC1CC(C)CN(CCCN2CCN(CCCN3CCN(C)CC3)C2=C(C#N)C#N)C1. The van der Waals surface area contributed by atoms with E-state index in [1.165, 1.54) is 19.5 Å². The van der Waals surface area contributed by atoms with E-state index in [4.69, 9.17) is 0 Å². The molecule has 3 aliphatic heterocycles. The summed E-state index contributed by atoms with van der Waals surface area (Å²) >= 11 is 0. The number of likely N-dealkylation sites (tertiary alicyclic amines) is 1. The molecule has 0 bridgehead atoms. The summed E-state index contributed by atoms with van der Waals surface area (Å²) in [7, 11) is 2.19. The molecule has 7 nitrogen and oxygen atoms in total. The van der Waals surface area contributed by atoms with Crippen molar-refractivity contribution >= 4 is 0 Å². The van der Waals surface area contributed by atoms with E-state index < -0.39 is 0 Å². The van der Waals surface area contributed by atoms with Gasteiger partial charge in [0, 0.05) is 65.4 Å². The molecule has 3 rings (SSSR count). The Morgan fingerprint density at radius 1 is 0.774 bits per heavy atom.